The Bertz CT molecular complexity index is 1740. The zero-order valence-electron chi connectivity index (χ0n) is 23.4. The largest absolute Gasteiger partial charge is 0.496 e. The van der Waals surface area contributed by atoms with Crippen LogP contribution in [0.2, 0.25) is 0 Å². The standard InChI is InChI=1S/C32H31N3O4S/c1-20-10-9-11-21(2)30(20)34-32-35(33-18-25-24-13-8-7-12-22(24)14-15-27(25)36-3)26(19-40-32)23-16-28(37-4)31(39-6)29(17-23)38-5/h7-19H,1-6H3/b33-18+,34-32?. The van der Waals surface area contributed by atoms with Crippen LogP contribution in [0.5, 0.6) is 23.0 Å². The van der Waals surface area contributed by atoms with Crippen LogP contribution in [0.15, 0.2) is 82.2 Å². The van der Waals surface area contributed by atoms with Crippen molar-refractivity contribution in [3.05, 3.63) is 93.6 Å². The molecule has 0 N–H and O–H groups in total. The summed E-state index contributed by atoms with van der Waals surface area (Å²) in [5.74, 6) is 2.38. The summed E-state index contributed by atoms with van der Waals surface area (Å²) in [6, 6.07) is 22.2. The smallest absolute Gasteiger partial charge is 0.211 e. The van der Waals surface area contributed by atoms with Crippen LogP contribution in [0.4, 0.5) is 5.69 Å². The molecule has 0 saturated carbocycles. The molecule has 0 bridgehead atoms. The highest BCUT2D eigenvalue weighted by molar-refractivity contribution is 7.07. The minimum atomic E-state index is 0.528. The molecule has 0 aliphatic rings. The molecule has 4 aromatic carbocycles. The molecule has 0 aliphatic heterocycles. The number of thiazole rings is 1. The number of aryl methyl sites for hydroxylation is 2. The van der Waals surface area contributed by atoms with Crippen LogP contribution >= 0.6 is 11.3 Å². The van der Waals surface area contributed by atoms with Crippen molar-refractivity contribution in [3.63, 3.8) is 0 Å². The van der Waals surface area contributed by atoms with Crippen LogP contribution < -0.4 is 23.7 Å². The van der Waals surface area contributed by atoms with E-state index in [0.717, 1.165) is 55.0 Å². The highest BCUT2D eigenvalue weighted by Crippen LogP contribution is 2.41. The van der Waals surface area contributed by atoms with Crippen molar-refractivity contribution in [2.75, 3.05) is 28.4 Å². The first kappa shape index (κ1) is 27.0. The summed E-state index contributed by atoms with van der Waals surface area (Å²) in [6.07, 6.45) is 1.83. The van der Waals surface area contributed by atoms with E-state index in [4.69, 9.17) is 29.0 Å². The van der Waals surface area contributed by atoms with Gasteiger partial charge in [-0.25, -0.2) is 9.67 Å². The molecule has 0 saturated heterocycles. The molecular formula is C32H31N3O4S. The first-order valence-electron chi connectivity index (χ1n) is 12.7. The topological polar surface area (TPSA) is 66.6 Å². The summed E-state index contributed by atoms with van der Waals surface area (Å²) >= 11 is 1.51. The minimum Gasteiger partial charge on any atom is -0.496 e. The summed E-state index contributed by atoms with van der Waals surface area (Å²) in [7, 11) is 6.47. The van der Waals surface area contributed by atoms with Gasteiger partial charge >= 0.3 is 0 Å². The third-order valence-corrected chi connectivity index (χ3v) is 7.56. The molecule has 0 fully saturated rings. The molecule has 0 aliphatic carbocycles. The van der Waals surface area contributed by atoms with Crippen molar-refractivity contribution in [3.8, 4) is 34.3 Å². The van der Waals surface area contributed by atoms with Crippen molar-refractivity contribution in [2.24, 2.45) is 10.1 Å². The Balaban J connectivity index is 1.77. The van der Waals surface area contributed by atoms with E-state index in [2.05, 4.69) is 38.1 Å². The lowest BCUT2D eigenvalue weighted by molar-refractivity contribution is 0.324. The lowest BCUT2D eigenvalue weighted by Gasteiger charge is -2.14. The predicted octanol–water partition coefficient (Wildman–Crippen LogP) is 7.14. The van der Waals surface area contributed by atoms with Gasteiger partial charge in [0.2, 0.25) is 10.6 Å². The summed E-state index contributed by atoms with van der Waals surface area (Å²) in [6.45, 7) is 4.13. The van der Waals surface area contributed by atoms with E-state index in [-0.39, 0.29) is 0 Å². The van der Waals surface area contributed by atoms with Gasteiger partial charge in [-0.05, 0) is 53.9 Å². The second kappa shape index (κ2) is 11.7. The molecule has 204 valence electrons. The molecule has 1 heterocycles. The maximum atomic E-state index is 5.71. The van der Waals surface area contributed by atoms with Crippen LogP contribution in [0, 0.1) is 13.8 Å². The molecule has 0 radical (unpaired) electrons. The molecule has 8 heteroatoms. The summed E-state index contributed by atoms with van der Waals surface area (Å²) in [5, 5.41) is 9.18. The van der Waals surface area contributed by atoms with Crippen molar-refractivity contribution in [1.29, 1.82) is 0 Å². The normalized spacial score (nSPS) is 11.8. The van der Waals surface area contributed by atoms with Gasteiger partial charge in [0.05, 0.1) is 46.0 Å². The first-order valence-corrected chi connectivity index (χ1v) is 13.6. The number of aromatic nitrogens is 1. The molecule has 40 heavy (non-hydrogen) atoms. The maximum Gasteiger partial charge on any atom is 0.211 e. The Labute approximate surface area is 237 Å². The van der Waals surface area contributed by atoms with Crippen LogP contribution in [0.3, 0.4) is 0 Å². The number of methoxy groups -OCH3 is 4. The van der Waals surface area contributed by atoms with E-state index in [9.17, 15) is 0 Å². The van der Waals surface area contributed by atoms with E-state index in [1.165, 1.54) is 11.3 Å². The first-order chi connectivity index (χ1) is 19.5. The lowest BCUT2D eigenvalue weighted by atomic mass is 10.0. The van der Waals surface area contributed by atoms with E-state index in [1.54, 1.807) is 28.4 Å². The molecule has 5 rings (SSSR count). The Morgan fingerprint density at radius 1 is 0.750 bits per heavy atom. The third-order valence-electron chi connectivity index (χ3n) is 6.75. The number of rotatable bonds is 8. The third kappa shape index (κ3) is 5.05. The van der Waals surface area contributed by atoms with E-state index >= 15 is 0 Å². The highest BCUT2D eigenvalue weighted by atomic mass is 32.1. The Hall–Kier alpha value is -4.56. The Kier molecular flexibility index (Phi) is 7.89. The summed E-state index contributed by atoms with van der Waals surface area (Å²) < 4.78 is 24.4. The second-order valence-corrected chi connectivity index (χ2v) is 9.97. The lowest BCUT2D eigenvalue weighted by Crippen LogP contribution is -2.12. The second-order valence-electron chi connectivity index (χ2n) is 9.13. The average molecular weight is 554 g/mol. The van der Waals surface area contributed by atoms with Crippen molar-refractivity contribution >= 4 is 34.0 Å². The van der Waals surface area contributed by atoms with Crippen LogP contribution in [0.25, 0.3) is 22.0 Å². The molecule has 5 aromatic rings. The number of nitrogens with zero attached hydrogens (tertiary/aromatic N) is 3. The fourth-order valence-electron chi connectivity index (χ4n) is 4.70. The van der Waals surface area contributed by atoms with Crippen LogP contribution in [0.1, 0.15) is 16.7 Å². The molecule has 0 spiro atoms. The van der Waals surface area contributed by atoms with E-state index in [0.29, 0.717) is 17.2 Å². The number of fused-ring (bicyclic) bond motifs is 1. The van der Waals surface area contributed by atoms with E-state index < -0.39 is 0 Å². The quantitative estimate of drug-likeness (QED) is 0.192. The number of ether oxygens (including phenoxy) is 4. The van der Waals surface area contributed by atoms with Crippen LogP contribution in [-0.4, -0.2) is 39.3 Å². The van der Waals surface area contributed by atoms with Gasteiger partial charge in [-0.1, -0.05) is 48.5 Å². The van der Waals surface area contributed by atoms with Gasteiger partial charge in [0.15, 0.2) is 11.5 Å². The molecule has 0 atom stereocenters. The van der Waals surface area contributed by atoms with Gasteiger partial charge in [-0.15, -0.1) is 11.3 Å². The molecule has 7 nitrogen and oxygen atoms in total. The zero-order valence-corrected chi connectivity index (χ0v) is 24.2. The molecule has 0 unspecified atom stereocenters. The van der Waals surface area contributed by atoms with Crippen molar-refractivity contribution in [2.45, 2.75) is 13.8 Å². The van der Waals surface area contributed by atoms with Crippen molar-refractivity contribution < 1.29 is 18.9 Å². The van der Waals surface area contributed by atoms with Gasteiger partial charge in [0.1, 0.15) is 5.75 Å². The molecular weight excluding hydrogens is 522 g/mol. The van der Waals surface area contributed by atoms with Crippen molar-refractivity contribution in [1.82, 2.24) is 4.68 Å². The fraction of sp³-hybridized carbons (Fsp3) is 0.188. The Morgan fingerprint density at radius 3 is 2.08 bits per heavy atom. The number of benzene rings is 4. The summed E-state index contributed by atoms with van der Waals surface area (Å²) in [5.41, 5.74) is 5.66. The van der Waals surface area contributed by atoms with E-state index in [1.807, 2.05) is 58.7 Å². The molecule has 0 amide bonds. The predicted molar refractivity (Wildman–Crippen MR) is 162 cm³/mol. The highest BCUT2D eigenvalue weighted by Gasteiger charge is 2.17. The minimum absolute atomic E-state index is 0.528. The van der Waals surface area contributed by atoms with Gasteiger partial charge in [-0.3, -0.25) is 0 Å². The van der Waals surface area contributed by atoms with Gasteiger partial charge < -0.3 is 18.9 Å². The zero-order chi connectivity index (χ0) is 28.2. The number of hydrogen-bond acceptors (Lipinski definition) is 7. The number of para-hydroxylation sites is 1. The fourth-order valence-corrected chi connectivity index (χ4v) is 5.54. The van der Waals surface area contributed by atoms with Gasteiger partial charge in [-0.2, -0.15) is 5.10 Å². The summed E-state index contributed by atoms with van der Waals surface area (Å²) in [4.78, 5) is 5.79. The number of hydrogen-bond donors (Lipinski definition) is 0. The molecule has 1 aromatic heterocycles. The Morgan fingerprint density at radius 2 is 1.43 bits per heavy atom. The van der Waals surface area contributed by atoms with Gasteiger partial charge in [0, 0.05) is 16.5 Å². The SMILES string of the molecule is COc1cc(-c2csc(=Nc3c(C)cccc3C)n2/N=C/c2c(OC)ccc3ccccc23)cc(OC)c1OC. The monoisotopic (exact) mass is 553 g/mol. The maximum absolute atomic E-state index is 5.71. The van der Waals surface area contributed by atoms with Gasteiger partial charge in [0.25, 0.3) is 0 Å². The van der Waals surface area contributed by atoms with Crippen LogP contribution in [-0.2, 0) is 0 Å². The average Bonchev–Trinajstić information content (AvgIpc) is 3.39.